The Kier molecular flexibility index (Phi) is 4.27. The highest BCUT2D eigenvalue weighted by molar-refractivity contribution is 14.1. The van der Waals surface area contributed by atoms with Crippen LogP contribution in [0.4, 0.5) is 0 Å². The van der Waals surface area contributed by atoms with Crippen molar-refractivity contribution < 1.29 is 4.79 Å². The fourth-order valence-electron chi connectivity index (χ4n) is 1.96. The topological polar surface area (TPSA) is 32.3 Å². The van der Waals surface area contributed by atoms with Gasteiger partial charge in [-0.05, 0) is 47.7 Å². The van der Waals surface area contributed by atoms with Crippen LogP contribution < -0.4 is 5.32 Å². The molecule has 0 bridgehead atoms. The van der Waals surface area contributed by atoms with E-state index in [0.29, 0.717) is 10.6 Å². The number of amides is 1. The summed E-state index contributed by atoms with van der Waals surface area (Å²) in [6, 6.07) is 5.75. The summed E-state index contributed by atoms with van der Waals surface area (Å²) in [5.41, 5.74) is 0.598. The van der Waals surface area contributed by atoms with Crippen molar-refractivity contribution in [3.05, 3.63) is 32.4 Å². The van der Waals surface area contributed by atoms with Gasteiger partial charge in [-0.25, -0.2) is 0 Å². The molecule has 1 aliphatic rings. The lowest BCUT2D eigenvalue weighted by atomic mass is 10.1. The quantitative estimate of drug-likeness (QED) is 0.776. The molecule has 0 aromatic heterocycles. The molecule has 1 fully saturated rings. The summed E-state index contributed by atoms with van der Waals surface area (Å²) in [7, 11) is 0. The molecule has 1 aromatic rings. The van der Waals surface area contributed by atoms with Crippen LogP contribution in [0.25, 0.3) is 0 Å². The van der Waals surface area contributed by atoms with Gasteiger partial charge in [-0.2, -0.15) is 0 Å². The number of nitrogens with one attached hydrogen (secondary N) is 1. The lowest BCUT2D eigenvalue weighted by Gasteiger charge is -2.34. The minimum atomic E-state index is 0.0281. The first-order valence-electron chi connectivity index (χ1n) is 5.56. The van der Waals surface area contributed by atoms with Gasteiger partial charge in [-0.15, -0.1) is 0 Å². The van der Waals surface area contributed by atoms with Crippen LogP contribution in [-0.2, 0) is 0 Å². The Morgan fingerprint density at radius 2 is 2.35 bits per heavy atom. The molecule has 0 unspecified atom stereocenters. The number of carbonyl (C=O) groups excluding carboxylic acids is 1. The zero-order valence-electron chi connectivity index (χ0n) is 9.54. The van der Waals surface area contributed by atoms with Gasteiger partial charge in [0.15, 0.2) is 0 Å². The summed E-state index contributed by atoms with van der Waals surface area (Å²) in [6.45, 7) is 4.47. The van der Waals surface area contributed by atoms with Gasteiger partial charge < -0.3 is 10.2 Å². The number of halogens is 2. The lowest BCUT2D eigenvalue weighted by Crippen LogP contribution is -2.52. The lowest BCUT2D eigenvalue weighted by molar-refractivity contribution is 0.0656. The summed E-state index contributed by atoms with van der Waals surface area (Å²) in [4.78, 5) is 14.2. The fourth-order valence-corrected chi connectivity index (χ4v) is 2.90. The molecule has 5 heteroatoms. The first-order valence-corrected chi connectivity index (χ1v) is 7.02. The van der Waals surface area contributed by atoms with E-state index in [1.54, 1.807) is 6.07 Å². The zero-order chi connectivity index (χ0) is 12.4. The highest BCUT2D eigenvalue weighted by Gasteiger charge is 2.25. The number of hydrogen-bond acceptors (Lipinski definition) is 2. The largest absolute Gasteiger partial charge is 0.333 e. The number of carbonyl (C=O) groups is 1. The molecule has 1 saturated heterocycles. The van der Waals surface area contributed by atoms with Crippen molar-refractivity contribution in [3.63, 3.8) is 0 Å². The van der Waals surface area contributed by atoms with Gasteiger partial charge in [0, 0.05) is 29.2 Å². The summed E-state index contributed by atoms with van der Waals surface area (Å²) < 4.78 is 1.04. The van der Waals surface area contributed by atoms with E-state index in [-0.39, 0.29) is 11.9 Å². The van der Waals surface area contributed by atoms with E-state index in [2.05, 4.69) is 27.9 Å². The predicted molar refractivity (Wildman–Crippen MR) is 77.5 cm³/mol. The molecule has 1 heterocycles. The van der Waals surface area contributed by atoms with Crippen molar-refractivity contribution in [1.82, 2.24) is 10.2 Å². The number of rotatable bonds is 1. The Hall–Kier alpha value is -0.330. The van der Waals surface area contributed by atoms with Crippen LogP contribution in [0.2, 0.25) is 5.02 Å². The van der Waals surface area contributed by atoms with Gasteiger partial charge in [-0.1, -0.05) is 11.6 Å². The standard InChI is InChI=1S/C12H14ClIN2O/c1-8-7-15-4-5-16(8)12(17)10-3-2-9(14)6-11(10)13/h2-3,6,8,15H,4-5,7H2,1H3/t8-/m1/s1. The SMILES string of the molecule is C[C@@H]1CNCCN1C(=O)c1ccc(I)cc1Cl. The third kappa shape index (κ3) is 2.92. The normalized spacial score (nSPS) is 20.4. The first kappa shape index (κ1) is 13.1. The molecule has 0 saturated carbocycles. The average Bonchev–Trinajstić information content (AvgIpc) is 2.29. The second-order valence-electron chi connectivity index (χ2n) is 4.18. The minimum absolute atomic E-state index is 0.0281. The Bertz CT molecular complexity index is 439. The molecule has 92 valence electrons. The molecular weight excluding hydrogens is 351 g/mol. The van der Waals surface area contributed by atoms with E-state index in [1.807, 2.05) is 24.0 Å². The summed E-state index contributed by atoms with van der Waals surface area (Å²) in [5.74, 6) is 0.0281. The maximum Gasteiger partial charge on any atom is 0.255 e. The van der Waals surface area contributed by atoms with E-state index in [4.69, 9.17) is 11.6 Å². The molecular formula is C12H14ClIN2O. The summed E-state index contributed by atoms with van der Waals surface area (Å²) >= 11 is 8.31. The molecule has 1 aliphatic heterocycles. The van der Waals surface area contributed by atoms with Gasteiger partial charge >= 0.3 is 0 Å². The molecule has 0 spiro atoms. The van der Waals surface area contributed by atoms with E-state index in [1.165, 1.54) is 0 Å². The highest BCUT2D eigenvalue weighted by Crippen LogP contribution is 2.21. The summed E-state index contributed by atoms with van der Waals surface area (Å²) in [6.07, 6.45) is 0. The second kappa shape index (κ2) is 5.54. The highest BCUT2D eigenvalue weighted by atomic mass is 127. The fraction of sp³-hybridized carbons (Fsp3) is 0.417. The Balaban J connectivity index is 2.24. The first-order chi connectivity index (χ1) is 8.09. The number of piperazine rings is 1. The summed E-state index contributed by atoms with van der Waals surface area (Å²) in [5, 5.41) is 3.80. The maximum absolute atomic E-state index is 12.4. The smallest absolute Gasteiger partial charge is 0.255 e. The van der Waals surface area contributed by atoms with Crippen molar-refractivity contribution in [1.29, 1.82) is 0 Å². The third-order valence-electron chi connectivity index (χ3n) is 2.92. The maximum atomic E-state index is 12.4. The van der Waals surface area contributed by atoms with Crippen molar-refractivity contribution >= 4 is 40.1 Å². The van der Waals surface area contributed by atoms with Crippen LogP contribution in [0.5, 0.6) is 0 Å². The number of benzene rings is 1. The van der Waals surface area contributed by atoms with Gasteiger partial charge in [0.25, 0.3) is 5.91 Å². The van der Waals surface area contributed by atoms with Crippen LogP contribution in [0, 0.1) is 3.57 Å². The molecule has 1 amide bonds. The van der Waals surface area contributed by atoms with Crippen molar-refractivity contribution in [2.75, 3.05) is 19.6 Å². The van der Waals surface area contributed by atoms with E-state index in [0.717, 1.165) is 23.2 Å². The number of hydrogen-bond donors (Lipinski definition) is 1. The average molecular weight is 365 g/mol. The molecule has 0 radical (unpaired) electrons. The Labute approximate surface area is 120 Å². The van der Waals surface area contributed by atoms with Gasteiger partial charge in [0.2, 0.25) is 0 Å². The van der Waals surface area contributed by atoms with Crippen LogP contribution in [0.15, 0.2) is 18.2 Å². The van der Waals surface area contributed by atoms with E-state index >= 15 is 0 Å². The van der Waals surface area contributed by atoms with E-state index in [9.17, 15) is 4.79 Å². The number of nitrogens with zero attached hydrogens (tertiary/aromatic N) is 1. The predicted octanol–water partition coefficient (Wildman–Crippen LogP) is 2.38. The van der Waals surface area contributed by atoms with Gasteiger partial charge in [0.05, 0.1) is 10.6 Å². The Morgan fingerprint density at radius 1 is 1.59 bits per heavy atom. The third-order valence-corrected chi connectivity index (χ3v) is 3.91. The van der Waals surface area contributed by atoms with Crippen molar-refractivity contribution in [2.45, 2.75) is 13.0 Å². The van der Waals surface area contributed by atoms with Crippen LogP contribution >= 0.6 is 34.2 Å². The molecule has 2 rings (SSSR count). The zero-order valence-corrected chi connectivity index (χ0v) is 12.5. The molecule has 1 aromatic carbocycles. The van der Waals surface area contributed by atoms with Crippen molar-refractivity contribution in [2.24, 2.45) is 0 Å². The van der Waals surface area contributed by atoms with Gasteiger partial charge in [-0.3, -0.25) is 4.79 Å². The van der Waals surface area contributed by atoms with Crippen LogP contribution in [0.3, 0.4) is 0 Å². The molecule has 17 heavy (non-hydrogen) atoms. The van der Waals surface area contributed by atoms with Gasteiger partial charge in [0.1, 0.15) is 0 Å². The monoisotopic (exact) mass is 364 g/mol. The van der Waals surface area contributed by atoms with E-state index < -0.39 is 0 Å². The molecule has 1 atom stereocenters. The molecule has 1 N–H and O–H groups in total. The minimum Gasteiger partial charge on any atom is -0.333 e. The Morgan fingerprint density at radius 3 is 3.00 bits per heavy atom. The molecule has 0 aliphatic carbocycles. The van der Waals surface area contributed by atoms with Crippen LogP contribution in [0.1, 0.15) is 17.3 Å². The second-order valence-corrected chi connectivity index (χ2v) is 5.83. The molecule has 3 nitrogen and oxygen atoms in total. The van der Waals surface area contributed by atoms with Crippen molar-refractivity contribution in [3.8, 4) is 0 Å². The van der Waals surface area contributed by atoms with Crippen LogP contribution in [-0.4, -0.2) is 36.5 Å².